The maximum absolute atomic E-state index is 11.5. The molecular weight excluding hydrogens is 216 g/mol. The van der Waals surface area contributed by atoms with Gasteiger partial charge in [0.25, 0.3) is 0 Å². The Kier molecular flexibility index (Phi) is 4.62. The summed E-state index contributed by atoms with van der Waals surface area (Å²) in [7, 11) is 1.70. The summed E-state index contributed by atoms with van der Waals surface area (Å²) in [6.07, 6.45) is 2.60. The summed E-state index contributed by atoms with van der Waals surface area (Å²) in [5, 5.41) is 6.09. The minimum atomic E-state index is 0.0616. The van der Waals surface area contributed by atoms with E-state index in [1.807, 2.05) is 4.90 Å². The molecule has 0 aromatic heterocycles. The molecule has 2 saturated heterocycles. The van der Waals surface area contributed by atoms with E-state index in [4.69, 9.17) is 0 Å². The first-order valence-electron chi connectivity index (χ1n) is 6.69. The average molecular weight is 240 g/mol. The summed E-state index contributed by atoms with van der Waals surface area (Å²) in [5.74, 6) is 0.850. The Morgan fingerprint density at radius 1 is 1.24 bits per heavy atom. The largest absolute Gasteiger partial charge is 0.341 e. The maximum atomic E-state index is 11.5. The van der Waals surface area contributed by atoms with Crippen molar-refractivity contribution in [1.29, 1.82) is 0 Å². The van der Waals surface area contributed by atoms with E-state index in [0.29, 0.717) is 0 Å². The standard InChI is InChI=1S/C12H24N4O/c1-13-12(17)16-8-6-15(7-9-16)10-11-2-4-14-5-3-11/h11,14H,2-10H2,1H3,(H,13,17). The SMILES string of the molecule is CNC(=O)N1CCN(CC2CCNCC2)CC1. The van der Waals surface area contributed by atoms with Crippen molar-refractivity contribution in [2.45, 2.75) is 12.8 Å². The van der Waals surface area contributed by atoms with Crippen molar-refractivity contribution in [3.8, 4) is 0 Å². The summed E-state index contributed by atoms with van der Waals surface area (Å²) >= 11 is 0. The molecule has 98 valence electrons. The highest BCUT2D eigenvalue weighted by Gasteiger charge is 2.23. The molecule has 0 atom stereocenters. The number of piperidine rings is 1. The number of nitrogens with zero attached hydrogens (tertiary/aromatic N) is 2. The van der Waals surface area contributed by atoms with Crippen molar-refractivity contribution < 1.29 is 4.79 Å². The molecule has 5 nitrogen and oxygen atoms in total. The van der Waals surface area contributed by atoms with E-state index in [-0.39, 0.29) is 6.03 Å². The molecule has 17 heavy (non-hydrogen) atoms. The number of piperazine rings is 1. The van der Waals surface area contributed by atoms with Crippen molar-refractivity contribution in [2.75, 3.05) is 52.9 Å². The zero-order chi connectivity index (χ0) is 12.1. The number of rotatable bonds is 2. The number of hydrogen-bond donors (Lipinski definition) is 2. The van der Waals surface area contributed by atoms with Gasteiger partial charge in [-0.15, -0.1) is 0 Å². The van der Waals surface area contributed by atoms with Crippen LogP contribution in [-0.2, 0) is 0 Å². The van der Waals surface area contributed by atoms with Crippen molar-refractivity contribution in [1.82, 2.24) is 20.4 Å². The molecule has 0 aromatic rings. The van der Waals surface area contributed by atoms with Gasteiger partial charge in [0, 0.05) is 39.8 Å². The predicted molar refractivity (Wildman–Crippen MR) is 68.1 cm³/mol. The van der Waals surface area contributed by atoms with Gasteiger partial charge >= 0.3 is 6.03 Å². The molecule has 2 aliphatic heterocycles. The first-order chi connectivity index (χ1) is 8.29. The van der Waals surface area contributed by atoms with Crippen LogP contribution in [0.1, 0.15) is 12.8 Å². The molecule has 2 N–H and O–H groups in total. The van der Waals surface area contributed by atoms with Crippen LogP contribution in [0, 0.1) is 5.92 Å². The fourth-order valence-electron chi connectivity index (χ4n) is 2.72. The molecule has 0 saturated carbocycles. The van der Waals surface area contributed by atoms with Crippen LogP contribution in [0.4, 0.5) is 4.79 Å². The molecule has 2 heterocycles. The van der Waals surface area contributed by atoms with E-state index in [9.17, 15) is 4.79 Å². The van der Waals surface area contributed by atoms with Crippen molar-refractivity contribution in [3.63, 3.8) is 0 Å². The van der Waals surface area contributed by atoms with Gasteiger partial charge in [0.15, 0.2) is 0 Å². The fourth-order valence-corrected chi connectivity index (χ4v) is 2.72. The quantitative estimate of drug-likeness (QED) is 0.711. The number of nitrogens with one attached hydrogen (secondary N) is 2. The summed E-state index contributed by atoms with van der Waals surface area (Å²) < 4.78 is 0. The Morgan fingerprint density at radius 3 is 2.47 bits per heavy atom. The molecule has 2 aliphatic rings. The highest BCUT2D eigenvalue weighted by atomic mass is 16.2. The van der Waals surface area contributed by atoms with E-state index in [2.05, 4.69) is 15.5 Å². The fraction of sp³-hybridized carbons (Fsp3) is 0.917. The Labute approximate surface area is 104 Å². The van der Waals surface area contributed by atoms with Crippen LogP contribution in [0.15, 0.2) is 0 Å². The third-order valence-corrected chi connectivity index (χ3v) is 3.85. The summed E-state index contributed by atoms with van der Waals surface area (Å²) in [6, 6.07) is 0.0616. The van der Waals surface area contributed by atoms with Crippen molar-refractivity contribution in [3.05, 3.63) is 0 Å². The first-order valence-corrected chi connectivity index (χ1v) is 6.69. The highest BCUT2D eigenvalue weighted by molar-refractivity contribution is 5.73. The second kappa shape index (κ2) is 6.21. The smallest absolute Gasteiger partial charge is 0.317 e. The van der Waals surface area contributed by atoms with Crippen LogP contribution < -0.4 is 10.6 Å². The molecule has 5 heteroatoms. The van der Waals surface area contributed by atoms with Crippen LogP contribution >= 0.6 is 0 Å². The van der Waals surface area contributed by atoms with Gasteiger partial charge in [-0.3, -0.25) is 4.90 Å². The zero-order valence-corrected chi connectivity index (χ0v) is 10.7. The minimum absolute atomic E-state index is 0.0616. The lowest BCUT2D eigenvalue weighted by atomic mass is 9.97. The van der Waals surface area contributed by atoms with Gasteiger partial charge in [-0.1, -0.05) is 0 Å². The molecule has 0 aromatic carbocycles. The van der Waals surface area contributed by atoms with Gasteiger partial charge in [0.2, 0.25) is 0 Å². The van der Waals surface area contributed by atoms with Gasteiger partial charge in [0.1, 0.15) is 0 Å². The van der Waals surface area contributed by atoms with Gasteiger partial charge in [-0.25, -0.2) is 4.79 Å². The average Bonchev–Trinajstić information content (AvgIpc) is 2.40. The molecule has 0 aliphatic carbocycles. The third-order valence-electron chi connectivity index (χ3n) is 3.85. The van der Waals surface area contributed by atoms with E-state index in [1.165, 1.54) is 32.5 Å². The summed E-state index contributed by atoms with van der Waals surface area (Å²) in [5.41, 5.74) is 0. The Balaban J connectivity index is 1.69. The molecule has 0 bridgehead atoms. The molecule has 2 rings (SSSR count). The van der Waals surface area contributed by atoms with Gasteiger partial charge in [-0.2, -0.15) is 0 Å². The molecule has 0 radical (unpaired) electrons. The number of amides is 2. The highest BCUT2D eigenvalue weighted by Crippen LogP contribution is 2.14. The van der Waals surface area contributed by atoms with Gasteiger partial charge < -0.3 is 15.5 Å². The molecule has 0 unspecified atom stereocenters. The normalized spacial score (nSPS) is 23.7. The second-order valence-electron chi connectivity index (χ2n) is 5.04. The Morgan fingerprint density at radius 2 is 1.88 bits per heavy atom. The zero-order valence-electron chi connectivity index (χ0n) is 10.7. The van der Waals surface area contributed by atoms with E-state index < -0.39 is 0 Å². The van der Waals surface area contributed by atoms with Crippen LogP contribution in [-0.4, -0.2) is 68.7 Å². The van der Waals surface area contributed by atoms with Crippen LogP contribution in [0.25, 0.3) is 0 Å². The van der Waals surface area contributed by atoms with Crippen LogP contribution in [0.5, 0.6) is 0 Å². The Hall–Kier alpha value is -0.810. The number of carbonyl (C=O) groups is 1. The number of urea groups is 1. The maximum Gasteiger partial charge on any atom is 0.317 e. The first kappa shape index (κ1) is 12.6. The van der Waals surface area contributed by atoms with E-state index in [0.717, 1.165) is 32.1 Å². The topological polar surface area (TPSA) is 47.6 Å². The van der Waals surface area contributed by atoms with Gasteiger partial charge in [0.05, 0.1) is 0 Å². The lowest BCUT2D eigenvalue weighted by Crippen LogP contribution is -2.52. The van der Waals surface area contributed by atoms with Crippen molar-refractivity contribution in [2.24, 2.45) is 5.92 Å². The molecular formula is C12H24N4O. The Bertz CT molecular complexity index is 245. The summed E-state index contributed by atoms with van der Waals surface area (Å²) in [6.45, 7) is 7.33. The molecule has 0 spiro atoms. The summed E-state index contributed by atoms with van der Waals surface area (Å²) in [4.78, 5) is 15.9. The monoisotopic (exact) mass is 240 g/mol. The van der Waals surface area contributed by atoms with Crippen LogP contribution in [0.3, 0.4) is 0 Å². The molecule has 2 amide bonds. The number of hydrogen-bond acceptors (Lipinski definition) is 3. The van der Waals surface area contributed by atoms with Crippen molar-refractivity contribution >= 4 is 6.03 Å². The van der Waals surface area contributed by atoms with Crippen LogP contribution in [0.2, 0.25) is 0 Å². The predicted octanol–water partition coefficient (Wildman–Crippen LogP) is -0.0570. The number of carbonyl (C=O) groups excluding carboxylic acids is 1. The third kappa shape index (κ3) is 3.57. The lowest BCUT2D eigenvalue weighted by molar-refractivity contribution is 0.122. The minimum Gasteiger partial charge on any atom is -0.341 e. The van der Waals surface area contributed by atoms with E-state index in [1.54, 1.807) is 7.05 Å². The van der Waals surface area contributed by atoms with Gasteiger partial charge in [-0.05, 0) is 31.8 Å². The second-order valence-corrected chi connectivity index (χ2v) is 5.04. The molecule has 2 fully saturated rings. The lowest BCUT2D eigenvalue weighted by Gasteiger charge is -2.37. The van der Waals surface area contributed by atoms with E-state index >= 15 is 0 Å².